The van der Waals surface area contributed by atoms with Crippen molar-refractivity contribution < 1.29 is 14.3 Å². The molecular formula is C40H80N2O3. The van der Waals surface area contributed by atoms with Crippen LogP contribution >= 0.6 is 0 Å². The molecule has 268 valence electrons. The normalized spacial score (nSPS) is 11.3. The summed E-state index contributed by atoms with van der Waals surface area (Å²) in [5.41, 5.74) is 0. The van der Waals surface area contributed by atoms with E-state index < -0.39 is 0 Å². The molecular weight excluding hydrogens is 556 g/mol. The smallest absolute Gasteiger partial charge is 0.248 e. The van der Waals surface area contributed by atoms with Gasteiger partial charge in [-0.1, -0.05) is 182 Å². The lowest BCUT2D eigenvalue weighted by molar-refractivity contribution is -0.142. The number of carbonyl (C=O) groups is 2. The molecule has 0 bridgehead atoms. The van der Waals surface area contributed by atoms with Crippen LogP contribution in [-0.2, 0) is 14.3 Å². The molecule has 45 heavy (non-hydrogen) atoms. The fourth-order valence-electron chi connectivity index (χ4n) is 6.17. The van der Waals surface area contributed by atoms with E-state index in [1.165, 1.54) is 154 Å². The van der Waals surface area contributed by atoms with Gasteiger partial charge in [0.1, 0.15) is 13.2 Å². The molecule has 0 radical (unpaired) electrons. The molecule has 2 amide bonds. The summed E-state index contributed by atoms with van der Waals surface area (Å²) in [5.74, 6) is 0.110. The number of rotatable bonds is 36. The summed E-state index contributed by atoms with van der Waals surface area (Å²) < 4.78 is 5.79. The number of hydrogen-bond acceptors (Lipinski definition) is 3. The third kappa shape index (κ3) is 30.0. The highest BCUT2D eigenvalue weighted by atomic mass is 16.5. The maximum atomic E-state index is 13.2. The van der Waals surface area contributed by atoms with Crippen molar-refractivity contribution in [3.8, 4) is 0 Å². The van der Waals surface area contributed by atoms with Crippen LogP contribution in [0.3, 0.4) is 0 Å². The van der Waals surface area contributed by atoms with Gasteiger partial charge in [0, 0.05) is 26.2 Å². The largest absolute Gasteiger partial charge is 0.362 e. The average Bonchev–Trinajstić information content (AvgIpc) is 3.04. The Bertz CT molecular complexity index is 591. The topological polar surface area (TPSA) is 49.9 Å². The summed E-state index contributed by atoms with van der Waals surface area (Å²) in [6.45, 7) is 12.3. The van der Waals surface area contributed by atoms with E-state index >= 15 is 0 Å². The van der Waals surface area contributed by atoms with Gasteiger partial charge in [-0.25, -0.2) is 0 Å². The molecule has 0 atom stereocenters. The molecule has 0 spiro atoms. The van der Waals surface area contributed by atoms with Crippen molar-refractivity contribution in [3.63, 3.8) is 0 Å². The summed E-state index contributed by atoms with van der Waals surface area (Å²) >= 11 is 0. The molecule has 0 aliphatic carbocycles. The van der Waals surface area contributed by atoms with Gasteiger partial charge in [0.15, 0.2) is 0 Å². The number of amides is 2. The van der Waals surface area contributed by atoms with Gasteiger partial charge >= 0.3 is 0 Å². The minimum atomic E-state index is 0.0254. The van der Waals surface area contributed by atoms with Crippen LogP contribution in [0.15, 0.2) is 0 Å². The van der Waals surface area contributed by atoms with Crippen LogP contribution in [0, 0.1) is 0 Å². The fraction of sp³-hybridized carbons (Fsp3) is 0.950. The quantitative estimate of drug-likeness (QED) is 0.0643. The Balaban J connectivity index is 4.60. The molecule has 0 rings (SSSR count). The maximum absolute atomic E-state index is 13.2. The second-order valence-electron chi connectivity index (χ2n) is 13.7. The van der Waals surface area contributed by atoms with Crippen LogP contribution in [0.1, 0.15) is 207 Å². The van der Waals surface area contributed by atoms with Crippen LogP contribution in [-0.4, -0.2) is 61.0 Å². The molecule has 0 aromatic rings. The predicted octanol–water partition coefficient (Wildman–Crippen LogP) is 11.7. The average molecular weight is 637 g/mol. The predicted molar refractivity (Wildman–Crippen MR) is 196 cm³/mol. The molecule has 0 fully saturated rings. The van der Waals surface area contributed by atoms with Gasteiger partial charge in [-0.05, 0) is 25.7 Å². The minimum absolute atomic E-state index is 0.0254. The van der Waals surface area contributed by atoms with Crippen molar-refractivity contribution in [2.45, 2.75) is 207 Å². The van der Waals surface area contributed by atoms with E-state index in [1.54, 1.807) is 0 Å². The Labute approximate surface area is 282 Å². The van der Waals surface area contributed by atoms with Gasteiger partial charge in [0.25, 0.3) is 0 Å². The molecule has 0 saturated heterocycles. The fourth-order valence-corrected chi connectivity index (χ4v) is 6.17. The van der Waals surface area contributed by atoms with E-state index in [9.17, 15) is 9.59 Å². The lowest BCUT2D eigenvalue weighted by Crippen LogP contribution is -2.39. The van der Waals surface area contributed by atoms with Gasteiger partial charge < -0.3 is 14.5 Å². The van der Waals surface area contributed by atoms with Gasteiger partial charge in [-0.2, -0.15) is 0 Å². The van der Waals surface area contributed by atoms with Gasteiger partial charge in [-0.3, -0.25) is 9.59 Å². The molecule has 0 saturated carbocycles. The van der Waals surface area contributed by atoms with E-state index in [4.69, 9.17) is 4.74 Å². The van der Waals surface area contributed by atoms with Crippen LogP contribution in [0.25, 0.3) is 0 Å². The zero-order chi connectivity index (χ0) is 33.1. The molecule has 0 N–H and O–H groups in total. The molecule has 0 heterocycles. The molecule has 5 nitrogen and oxygen atoms in total. The van der Waals surface area contributed by atoms with Crippen molar-refractivity contribution in [2.24, 2.45) is 0 Å². The Morgan fingerprint density at radius 1 is 0.333 bits per heavy atom. The number of carbonyl (C=O) groups excluding carboxylic acids is 2. The van der Waals surface area contributed by atoms with Crippen molar-refractivity contribution in [1.82, 2.24) is 9.80 Å². The van der Waals surface area contributed by atoms with Gasteiger partial charge in [0.05, 0.1) is 0 Å². The maximum Gasteiger partial charge on any atom is 0.248 e. The van der Waals surface area contributed by atoms with Gasteiger partial charge in [-0.15, -0.1) is 0 Å². The molecule has 0 unspecified atom stereocenters. The van der Waals surface area contributed by atoms with Crippen LogP contribution < -0.4 is 0 Å². The molecule has 0 aliphatic heterocycles. The third-order valence-electron chi connectivity index (χ3n) is 9.28. The lowest BCUT2D eigenvalue weighted by atomic mass is 10.1. The van der Waals surface area contributed by atoms with Gasteiger partial charge in [0.2, 0.25) is 11.8 Å². The first-order valence-electron chi connectivity index (χ1n) is 20.2. The highest BCUT2D eigenvalue weighted by Gasteiger charge is 2.17. The summed E-state index contributed by atoms with van der Waals surface area (Å²) in [6.07, 6.45) is 35.3. The Morgan fingerprint density at radius 3 is 0.778 bits per heavy atom. The summed E-state index contributed by atoms with van der Waals surface area (Å²) in [7, 11) is 0. The summed E-state index contributed by atoms with van der Waals surface area (Å²) in [5, 5.41) is 0. The standard InChI is InChI=1S/C40H80N2O3/c1-5-9-13-17-19-21-23-25-27-31-35-42(36-32-28-26-24-22-20-18-14-10-6-2)40(44)38-45-37-39(43)41(33-29-15-11-7-3)34-30-16-12-8-4/h5-38H2,1-4H3. The third-order valence-corrected chi connectivity index (χ3v) is 9.28. The number of hydrogen-bond donors (Lipinski definition) is 0. The number of ether oxygens (including phenoxy) is 1. The van der Waals surface area contributed by atoms with Crippen LogP contribution in [0.2, 0.25) is 0 Å². The van der Waals surface area contributed by atoms with E-state index in [-0.39, 0.29) is 25.0 Å². The van der Waals surface area contributed by atoms with E-state index in [2.05, 4.69) is 27.7 Å². The highest BCUT2D eigenvalue weighted by molar-refractivity contribution is 5.79. The first kappa shape index (κ1) is 43.9. The zero-order valence-corrected chi connectivity index (χ0v) is 31.2. The minimum Gasteiger partial charge on any atom is -0.362 e. The van der Waals surface area contributed by atoms with Crippen molar-refractivity contribution in [2.75, 3.05) is 39.4 Å². The summed E-state index contributed by atoms with van der Waals surface area (Å²) in [4.78, 5) is 30.3. The second kappa shape index (κ2) is 35.7. The summed E-state index contributed by atoms with van der Waals surface area (Å²) in [6, 6.07) is 0. The SMILES string of the molecule is CCCCCCCCCCCCN(CCCCCCCCCCCC)C(=O)COCC(=O)N(CCCCCC)CCCCCC. The van der Waals surface area contributed by atoms with E-state index in [0.29, 0.717) is 0 Å². The zero-order valence-electron chi connectivity index (χ0n) is 31.2. The molecule has 0 aromatic carbocycles. The second-order valence-corrected chi connectivity index (χ2v) is 13.7. The molecule has 0 aromatic heterocycles. The lowest BCUT2D eigenvalue weighted by Gasteiger charge is -2.24. The number of nitrogens with zero attached hydrogens (tertiary/aromatic N) is 2. The van der Waals surface area contributed by atoms with Crippen LogP contribution in [0.4, 0.5) is 0 Å². The van der Waals surface area contributed by atoms with E-state index in [1.807, 2.05) is 9.80 Å². The van der Waals surface area contributed by atoms with Crippen molar-refractivity contribution in [1.29, 1.82) is 0 Å². The first-order valence-corrected chi connectivity index (χ1v) is 20.2. The Morgan fingerprint density at radius 2 is 0.533 bits per heavy atom. The molecule has 0 aliphatic rings. The van der Waals surface area contributed by atoms with Crippen LogP contribution in [0.5, 0.6) is 0 Å². The first-order chi connectivity index (χ1) is 22.1. The monoisotopic (exact) mass is 637 g/mol. The number of unbranched alkanes of at least 4 members (excludes halogenated alkanes) is 24. The van der Waals surface area contributed by atoms with E-state index in [0.717, 1.165) is 51.9 Å². The Kier molecular flexibility index (Phi) is 34.9. The molecule has 5 heteroatoms. The highest BCUT2D eigenvalue weighted by Crippen LogP contribution is 2.13. The Hall–Kier alpha value is -1.10. The van der Waals surface area contributed by atoms with Crippen molar-refractivity contribution >= 4 is 11.8 Å². The van der Waals surface area contributed by atoms with Crippen molar-refractivity contribution in [3.05, 3.63) is 0 Å².